The second kappa shape index (κ2) is 21.2. The number of amides is 1. The molecule has 0 aliphatic heterocycles. The zero-order valence-electron chi connectivity index (χ0n) is 24.8. The highest BCUT2D eigenvalue weighted by Gasteiger charge is 2.18. The fraction of sp³-hybridized carbons (Fsp3) is 0.533. The third kappa shape index (κ3) is 17.0. The number of methoxy groups -OCH3 is 1. The van der Waals surface area contributed by atoms with Crippen molar-refractivity contribution in [2.24, 2.45) is 11.7 Å². The number of pyridine rings is 1. The first-order chi connectivity index (χ1) is 18.9. The number of hydrogen-bond acceptors (Lipinski definition) is 9. The lowest BCUT2D eigenvalue weighted by molar-refractivity contribution is -0.150. The Bertz CT molecular complexity index is 998. The first-order valence-electron chi connectivity index (χ1n) is 13.5. The highest BCUT2D eigenvalue weighted by atomic mass is 16.6. The van der Waals surface area contributed by atoms with E-state index in [-0.39, 0.29) is 35.4 Å². The van der Waals surface area contributed by atoms with E-state index in [1.165, 1.54) is 26.3 Å². The van der Waals surface area contributed by atoms with E-state index in [0.717, 1.165) is 32.3 Å². The van der Waals surface area contributed by atoms with Gasteiger partial charge in [0, 0.05) is 38.6 Å². The number of benzene rings is 1. The number of phenols is 1. The molecule has 1 aromatic heterocycles. The predicted molar refractivity (Wildman–Crippen MR) is 153 cm³/mol. The van der Waals surface area contributed by atoms with Crippen molar-refractivity contribution in [3.63, 3.8) is 0 Å². The Morgan fingerprint density at radius 1 is 1.05 bits per heavy atom. The molecular weight excluding hydrogens is 516 g/mol. The van der Waals surface area contributed by atoms with Gasteiger partial charge in [0.25, 0.3) is 5.91 Å². The molecule has 2 atom stereocenters. The van der Waals surface area contributed by atoms with Crippen molar-refractivity contribution >= 4 is 17.8 Å². The number of carbonyl (C=O) groups excluding carboxylic acids is 3. The predicted octanol–water partition coefficient (Wildman–Crippen LogP) is 5.46. The van der Waals surface area contributed by atoms with E-state index in [9.17, 15) is 14.4 Å². The molecule has 1 amide bonds. The van der Waals surface area contributed by atoms with Gasteiger partial charge in [0.2, 0.25) is 5.75 Å². The molecule has 224 valence electrons. The lowest BCUT2D eigenvalue weighted by Crippen LogP contribution is -2.23. The molecule has 0 saturated carbocycles. The molecule has 2 aromatic rings. The molecule has 0 fully saturated rings. The number of carbonyl (C=O) groups is 3. The fourth-order valence-electron chi connectivity index (χ4n) is 3.18. The number of nitrogens with two attached hydrogens (primary N) is 1. The van der Waals surface area contributed by atoms with Gasteiger partial charge in [-0.25, -0.2) is 4.98 Å². The normalized spacial score (nSPS) is 11.6. The lowest BCUT2D eigenvalue weighted by Gasteiger charge is -2.20. The SMILES string of the molecule is CCCOC(CC)CC(C)OC(=O)CCC(C)C.COc1ccnc(C(N)=O)c1OC(C)=O.Oc1ccccc1. The summed E-state index contributed by atoms with van der Waals surface area (Å²) in [6.07, 6.45) is 5.70. The van der Waals surface area contributed by atoms with Gasteiger partial charge in [-0.05, 0) is 44.2 Å². The van der Waals surface area contributed by atoms with Gasteiger partial charge in [0.05, 0.1) is 13.2 Å². The van der Waals surface area contributed by atoms with Gasteiger partial charge in [-0.2, -0.15) is 0 Å². The smallest absolute Gasteiger partial charge is 0.308 e. The molecule has 0 radical (unpaired) electrons. The second-order valence-electron chi connectivity index (χ2n) is 9.35. The van der Waals surface area contributed by atoms with Crippen LogP contribution in [0.15, 0.2) is 42.6 Å². The Kier molecular flexibility index (Phi) is 19.3. The second-order valence-corrected chi connectivity index (χ2v) is 9.35. The summed E-state index contributed by atoms with van der Waals surface area (Å²) in [4.78, 5) is 37.1. The van der Waals surface area contributed by atoms with Crippen molar-refractivity contribution in [2.75, 3.05) is 13.7 Å². The Balaban J connectivity index is 0.000000618. The fourth-order valence-corrected chi connectivity index (χ4v) is 3.18. The van der Waals surface area contributed by atoms with Crippen molar-refractivity contribution in [1.82, 2.24) is 4.98 Å². The van der Waals surface area contributed by atoms with Crippen LogP contribution in [-0.2, 0) is 19.1 Å². The number of aromatic hydroxyl groups is 1. The van der Waals surface area contributed by atoms with Crippen LogP contribution in [0.3, 0.4) is 0 Å². The molecular formula is C30H46N2O8. The molecule has 0 aliphatic carbocycles. The van der Waals surface area contributed by atoms with E-state index in [4.69, 9.17) is 29.8 Å². The molecule has 0 saturated heterocycles. The largest absolute Gasteiger partial charge is 0.508 e. The summed E-state index contributed by atoms with van der Waals surface area (Å²) >= 11 is 0. The average Bonchev–Trinajstić information content (AvgIpc) is 2.90. The Labute approximate surface area is 238 Å². The summed E-state index contributed by atoms with van der Waals surface area (Å²) in [5.74, 6) is -0.406. The third-order valence-electron chi connectivity index (χ3n) is 5.19. The van der Waals surface area contributed by atoms with Crippen LogP contribution in [-0.4, -0.2) is 53.9 Å². The van der Waals surface area contributed by atoms with Crippen molar-refractivity contribution in [3.8, 4) is 17.2 Å². The van der Waals surface area contributed by atoms with Gasteiger partial charge in [0.1, 0.15) is 11.9 Å². The summed E-state index contributed by atoms with van der Waals surface area (Å²) in [7, 11) is 1.38. The topological polar surface area (TPSA) is 147 Å². The summed E-state index contributed by atoms with van der Waals surface area (Å²) in [6, 6.07) is 10.2. The van der Waals surface area contributed by atoms with E-state index in [1.807, 2.05) is 13.0 Å². The minimum atomic E-state index is -0.787. The molecule has 3 N–H and O–H groups in total. The van der Waals surface area contributed by atoms with Crippen LogP contribution < -0.4 is 15.2 Å². The van der Waals surface area contributed by atoms with Gasteiger partial charge < -0.3 is 29.8 Å². The van der Waals surface area contributed by atoms with Gasteiger partial charge in [-0.3, -0.25) is 14.4 Å². The van der Waals surface area contributed by atoms with Crippen molar-refractivity contribution < 1.29 is 38.4 Å². The Morgan fingerprint density at radius 3 is 2.15 bits per heavy atom. The number of nitrogens with zero attached hydrogens (tertiary/aromatic N) is 1. The van der Waals surface area contributed by atoms with E-state index < -0.39 is 11.9 Å². The molecule has 1 aromatic carbocycles. The first-order valence-corrected chi connectivity index (χ1v) is 13.5. The van der Waals surface area contributed by atoms with Gasteiger partial charge in [-0.15, -0.1) is 0 Å². The van der Waals surface area contributed by atoms with Gasteiger partial charge in [0.15, 0.2) is 11.4 Å². The molecule has 2 unspecified atom stereocenters. The number of aromatic nitrogens is 1. The zero-order valence-corrected chi connectivity index (χ0v) is 24.8. The van der Waals surface area contributed by atoms with Crippen molar-refractivity contribution in [2.45, 2.75) is 85.9 Å². The number of rotatable bonds is 13. The van der Waals surface area contributed by atoms with Gasteiger partial charge >= 0.3 is 11.9 Å². The van der Waals surface area contributed by atoms with E-state index in [1.54, 1.807) is 24.3 Å². The van der Waals surface area contributed by atoms with Gasteiger partial charge in [-0.1, -0.05) is 45.9 Å². The quantitative estimate of drug-likeness (QED) is 0.304. The first kappa shape index (κ1) is 36.3. The molecule has 0 bridgehead atoms. The number of esters is 2. The molecule has 10 heteroatoms. The molecule has 1 heterocycles. The van der Waals surface area contributed by atoms with Crippen molar-refractivity contribution in [3.05, 3.63) is 48.3 Å². The minimum Gasteiger partial charge on any atom is -0.508 e. The molecule has 0 spiro atoms. The van der Waals surface area contributed by atoms with Crippen LogP contribution in [0, 0.1) is 5.92 Å². The number of para-hydroxylation sites is 1. The van der Waals surface area contributed by atoms with Crippen LogP contribution in [0.2, 0.25) is 0 Å². The van der Waals surface area contributed by atoms with Crippen LogP contribution in [0.25, 0.3) is 0 Å². The molecule has 2 rings (SSSR count). The standard InChI is InChI=1S/C15H30O3.C9H10N2O4.C6H6O/c1-6-10-17-14(7-2)11-13(5)18-15(16)9-8-12(3)4;1-5(12)15-8-6(14-2)3-4-11-7(8)9(10)13;7-6-4-2-1-3-5-6/h12-14H,6-11H2,1-5H3;3-4H,1-2H3,(H2,10,13);1-5,7H. The molecule has 40 heavy (non-hydrogen) atoms. The van der Waals surface area contributed by atoms with E-state index >= 15 is 0 Å². The highest BCUT2D eigenvalue weighted by molar-refractivity contribution is 5.95. The maximum Gasteiger partial charge on any atom is 0.308 e. The monoisotopic (exact) mass is 562 g/mol. The maximum absolute atomic E-state index is 11.6. The Morgan fingerprint density at radius 2 is 1.70 bits per heavy atom. The zero-order chi connectivity index (χ0) is 30.5. The Hall–Kier alpha value is -3.66. The van der Waals surface area contributed by atoms with Crippen LogP contribution >= 0.6 is 0 Å². The molecule has 10 nitrogen and oxygen atoms in total. The summed E-state index contributed by atoms with van der Waals surface area (Å²) in [5, 5.41) is 8.63. The lowest BCUT2D eigenvalue weighted by atomic mass is 10.1. The molecule has 0 aliphatic rings. The highest BCUT2D eigenvalue weighted by Crippen LogP contribution is 2.29. The van der Waals surface area contributed by atoms with Crippen molar-refractivity contribution in [1.29, 1.82) is 0 Å². The summed E-state index contributed by atoms with van der Waals surface area (Å²) in [6.45, 7) is 12.4. The third-order valence-corrected chi connectivity index (χ3v) is 5.19. The summed E-state index contributed by atoms with van der Waals surface area (Å²) in [5.41, 5.74) is 4.93. The van der Waals surface area contributed by atoms with Crippen LogP contribution in [0.5, 0.6) is 17.2 Å². The number of primary amides is 1. The maximum atomic E-state index is 11.6. The van der Waals surface area contributed by atoms with E-state index in [0.29, 0.717) is 18.1 Å². The number of hydrogen-bond donors (Lipinski definition) is 2. The van der Waals surface area contributed by atoms with E-state index in [2.05, 4.69) is 32.7 Å². The minimum absolute atomic E-state index is 0.0496. The summed E-state index contributed by atoms with van der Waals surface area (Å²) < 4.78 is 20.8. The average molecular weight is 563 g/mol. The number of phenolic OH excluding ortho intramolecular Hbond substituents is 1. The number of ether oxygens (including phenoxy) is 4. The van der Waals surface area contributed by atoms with Crippen LogP contribution in [0.1, 0.15) is 84.1 Å². The van der Waals surface area contributed by atoms with Crippen LogP contribution in [0.4, 0.5) is 0 Å².